The molecule has 0 aliphatic heterocycles. The minimum atomic E-state index is -5.07. The van der Waals surface area contributed by atoms with E-state index >= 15 is 0 Å². The third kappa shape index (κ3) is 10.8. The van der Waals surface area contributed by atoms with Gasteiger partial charge in [0.2, 0.25) is 10.0 Å². The summed E-state index contributed by atoms with van der Waals surface area (Å²) in [6.07, 6.45) is -6.05. The molecule has 0 saturated heterocycles. The molecule has 2 rings (SSSR count). The van der Waals surface area contributed by atoms with Gasteiger partial charge in [0.15, 0.2) is 0 Å². The Hall–Kier alpha value is -3.36. The van der Waals surface area contributed by atoms with Crippen LogP contribution >= 0.6 is 0 Å². The average Bonchev–Trinajstić information content (AvgIpc) is 2.96. The SMILES string of the molecule is CCC(CC)CN(CC(O)C(Cc1ccccc1)NC(=O)OCCNC(=O)C(F)(F)F)S(=O)(=O)c1cccc(OC)c1. The number of aliphatic hydroxyl groups is 1. The Labute approximate surface area is 244 Å². The molecule has 10 nitrogen and oxygen atoms in total. The number of nitrogens with zero attached hydrogens (tertiary/aromatic N) is 1. The summed E-state index contributed by atoms with van der Waals surface area (Å²) in [6.45, 7) is 2.48. The maximum absolute atomic E-state index is 13.7. The van der Waals surface area contributed by atoms with Gasteiger partial charge in [0.05, 0.1) is 30.7 Å². The largest absolute Gasteiger partial charge is 0.497 e. The molecule has 0 aliphatic rings. The number of carbonyl (C=O) groups is 2. The fraction of sp³-hybridized carbons (Fsp3) is 0.500. The van der Waals surface area contributed by atoms with Crippen LogP contribution in [0.25, 0.3) is 0 Å². The van der Waals surface area contributed by atoms with E-state index in [9.17, 15) is 36.3 Å². The second-order valence-corrected chi connectivity index (χ2v) is 11.5. The van der Waals surface area contributed by atoms with Crippen molar-refractivity contribution in [2.45, 2.75) is 56.3 Å². The molecule has 42 heavy (non-hydrogen) atoms. The Balaban J connectivity index is 2.25. The van der Waals surface area contributed by atoms with E-state index in [1.54, 1.807) is 47.8 Å². The second-order valence-electron chi connectivity index (χ2n) is 9.58. The monoisotopic (exact) mass is 617 g/mol. The number of rotatable bonds is 16. The Bertz CT molecular complexity index is 1240. The molecule has 14 heteroatoms. The summed E-state index contributed by atoms with van der Waals surface area (Å²) in [7, 11) is -2.68. The molecule has 0 aromatic heterocycles. The van der Waals surface area contributed by atoms with Crippen LogP contribution in [0.2, 0.25) is 0 Å². The number of nitrogens with one attached hydrogen (secondary N) is 2. The van der Waals surface area contributed by atoms with Crippen LogP contribution in [0.3, 0.4) is 0 Å². The zero-order chi connectivity index (χ0) is 31.3. The van der Waals surface area contributed by atoms with E-state index in [4.69, 9.17) is 9.47 Å². The standard InChI is InChI=1S/C28H38F3N3O7S/c1-4-20(5-2)18-34(42(38,39)23-13-9-12-22(17-23)40-3)19-25(35)24(16-21-10-7-6-8-11-21)33-27(37)41-15-14-32-26(36)28(29,30)31/h6-13,17,20,24-25,35H,4-5,14-16,18-19H2,1-3H3,(H,32,36)(H,33,37). The third-order valence-electron chi connectivity index (χ3n) is 6.63. The lowest BCUT2D eigenvalue weighted by atomic mass is 10.0. The van der Waals surface area contributed by atoms with Gasteiger partial charge in [-0.15, -0.1) is 0 Å². The number of methoxy groups -OCH3 is 1. The van der Waals surface area contributed by atoms with Gasteiger partial charge in [0, 0.05) is 19.2 Å². The molecule has 234 valence electrons. The van der Waals surface area contributed by atoms with Crippen LogP contribution in [0.15, 0.2) is 59.5 Å². The highest BCUT2D eigenvalue weighted by molar-refractivity contribution is 7.89. The van der Waals surface area contributed by atoms with E-state index in [2.05, 4.69) is 5.32 Å². The van der Waals surface area contributed by atoms with E-state index < -0.39 is 53.5 Å². The van der Waals surface area contributed by atoms with Gasteiger partial charge in [0.1, 0.15) is 12.4 Å². The normalized spacial score (nSPS) is 13.5. The number of carbonyl (C=O) groups excluding carboxylic acids is 2. The third-order valence-corrected chi connectivity index (χ3v) is 8.46. The minimum Gasteiger partial charge on any atom is -0.497 e. The van der Waals surface area contributed by atoms with Crippen molar-refractivity contribution in [2.24, 2.45) is 5.92 Å². The first-order valence-electron chi connectivity index (χ1n) is 13.5. The second kappa shape index (κ2) is 16.3. The van der Waals surface area contributed by atoms with Crippen LogP contribution in [0.1, 0.15) is 32.3 Å². The molecule has 2 unspecified atom stereocenters. The number of halogens is 3. The summed E-state index contributed by atoms with van der Waals surface area (Å²) in [5.41, 5.74) is 0.724. The molecule has 0 aliphatic carbocycles. The van der Waals surface area contributed by atoms with Gasteiger partial charge in [-0.05, 0) is 30.0 Å². The summed E-state index contributed by atoms with van der Waals surface area (Å²) in [4.78, 5) is 23.4. The van der Waals surface area contributed by atoms with Crippen LogP contribution in [0, 0.1) is 5.92 Å². The van der Waals surface area contributed by atoms with Gasteiger partial charge in [-0.3, -0.25) is 4.79 Å². The van der Waals surface area contributed by atoms with Gasteiger partial charge in [0.25, 0.3) is 0 Å². The molecule has 2 aromatic carbocycles. The Morgan fingerprint density at radius 3 is 2.29 bits per heavy atom. The van der Waals surface area contributed by atoms with Gasteiger partial charge in [-0.25, -0.2) is 13.2 Å². The summed E-state index contributed by atoms with van der Waals surface area (Å²) in [6, 6.07) is 13.7. The number of alkyl halides is 3. The van der Waals surface area contributed by atoms with Crippen molar-refractivity contribution in [2.75, 3.05) is 33.4 Å². The summed E-state index contributed by atoms with van der Waals surface area (Å²) < 4.78 is 75.8. The van der Waals surface area contributed by atoms with Gasteiger partial charge in [-0.1, -0.05) is 63.1 Å². The zero-order valence-corrected chi connectivity index (χ0v) is 24.6. The number of hydrogen-bond donors (Lipinski definition) is 3. The van der Waals surface area contributed by atoms with Crippen LogP contribution in [-0.4, -0.2) is 81.5 Å². The summed E-state index contributed by atoms with van der Waals surface area (Å²) >= 11 is 0. The van der Waals surface area contributed by atoms with E-state index in [-0.39, 0.29) is 30.3 Å². The van der Waals surface area contributed by atoms with Gasteiger partial charge in [-0.2, -0.15) is 17.5 Å². The first kappa shape index (κ1) is 34.8. The quantitative estimate of drug-likeness (QED) is 0.246. The maximum Gasteiger partial charge on any atom is 0.471 e. The molecular weight excluding hydrogens is 579 g/mol. The van der Waals surface area contributed by atoms with E-state index in [1.807, 2.05) is 13.8 Å². The number of aliphatic hydroxyl groups excluding tert-OH is 1. The lowest BCUT2D eigenvalue weighted by Gasteiger charge is -2.31. The fourth-order valence-corrected chi connectivity index (χ4v) is 5.67. The maximum atomic E-state index is 13.7. The van der Waals surface area contributed by atoms with Crippen LogP contribution < -0.4 is 15.4 Å². The minimum absolute atomic E-state index is 0.00464. The van der Waals surface area contributed by atoms with Crippen molar-refractivity contribution in [3.63, 3.8) is 0 Å². The Morgan fingerprint density at radius 2 is 1.69 bits per heavy atom. The highest BCUT2D eigenvalue weighted by Crippen LogP contribution is 2.24. The lowest BCUT2D eigenvalue weighted by Crippen LogP contribution is -2.51. The summed E-state index contributed by atoms with van der Waals surface area (Å²) in [5.74, 6) is -1.83. The number of amides is 2. The van der Waals surface area contributed by atoms with E-state index in [0.717, 1.165) is 5.56 Å². The van der Waals surface area contributed by atoms with Crippen molar-refractivity contribution in [3.8, 4) is 5.75 Å². The molecule has 2 atom stereocenters. The molecule has 0 fully saturated rings. The predicted molar refractivity (Wildman–Crippen MR) is 149 cm³/mol. The smallest absolute Gasteiger partial charge is 0.471 e. The Morgan fingerprint density at radius 1 is 1.02 bits per heavy atom. The van der Waals surface area contributed by atoms with Crippen LogP contribution in [-0.2, 0) is 26.0 Å². The summed E-state index contributed by atoms with van der Waals surface area (Å²) in [5, 5.41) is 15.4. The van der Waals surface area contributed by atoms with E-state index in [1.165, 1.54) is 23.5 Å². The Kier molecular flexibility index (Phi) is 13.5. The molecule has 2 aromatic rings. The van der Waals surface area contributed by atoms with Gasteiger partial charge >= 0.3 is 18.2 Å². The van der Waals surface area contributed by atoms with Crippen molar-refractivity contribution >= 4 is 22.0 Å². The highest BCUT2D eigenvalue weighted by Gasteiger charge is 2.38. The zero-order valence-electron chi connectivity index (χ0n) is 23.8. The molecule has 0 heterocycles. The molecular formula is C28H38F3N3O7S. The number of sulfonamides is 1. The van der Waals surface area contributed by atoms with Crippen LogP contribution in [0.5, 0.6) is 5.75 Å². The van der Waals surface area contributed by atoms with Gasteiger partial charge < -0.3 is 25.2 Å². The van der Waals surface area contributed by atoms with E-state index in [0.29, 0.717) is 18.6 Å². The first-order chi connectivity index (χ1) is 19.8. The molecule has 0 spiro atoms. The number of alkyl carbamates (subject to hydrolysis) is 1. The van der Waals surface area contributed by atoms with Crippen molar-refractivity contribution in [3.05, 3.63) is 60.2 Å². The molecule has 0 saturated carbocycles. The van der Waals surface area contributed by atoms with Crippen molar-refractivity contribution < 1.29 is 45.8 Å². The lowest BCUT2D eigenvalue weighted by molar-refractivity contribution is -0.173. The number of ether oxygens (including phenoxy) is 2. The first-order valence-corrected chi connectivity index (χ1v) is 14.9. The molecule has 3 N–H and O–H groups in total. The predicted octanol–water partition coefficient (Wildman–Crippen LogP) is 3.50. The fourth-order valence-electron chi connectivity index (χ4n) is 4.11. The average molecular weight is 618 g/mol. The molecule has 0 bridgehead atoms. The number of benzene rings is 2. The molecule has 2 amide bonds. The van der Waals surface area contributed by atoms with Crippen molar-refractivity contribution in [1.82, 2.24) is 14.9 Å². The number of hydrogen-bond acceptors (Lipinski definition) is 7. The molecule has 0 radical (unpaired) electrons. The van der Waals surface area contributed by atoms with Crippen LogP contribution in [0.4, 0.5) is 18.0 Å². The topological polar surface area (TPSA) is 134 Å². The highest BCUT2D eigenvalue weighted by atomic mass is 32.2. The van der Waals surface area contributed by atoms with Crippen molar-refractivity contribution in [1.29, 1.82) is 0 Å².